The van der Waals surface area contributed by atoms with Crippen molar-refractivity contribution in [3.8, 4) is 0 Å². The van der Waals surface area contributed by atoms with Crippen LogP contribution in [0.25, 0.3) is 0 Å². The Kier molecular flexibility index (Phi) is 5.17. The van der Waals surface area contributed by atoms with Gasteiger partial charge in [0.05, 0.1) is 0 Å². The second-order valence-electron chi connectivity index (χ2n) is 6.50. The maximum Gasteiger partial charge on any atom is 0.167 e. The van der Waals surface area contributed by atoms with Crippen LogP contribution in [0.5, 0.6) is 0 Å². The van der Waals surface area contributed by atoms with E-state index in [9.17, 15) is 4.79 Å². The van der Waals surface area contributed by atoms with Gasteiger partial charge in [0.1, 0.15) is 0 Å². The van der Waals surface area contributed by atoms with Crippen molar-refractivity contribution in [2.75, 3.05) is 26.3 Å². The minimum atomic E-state index is 0.122. The third-order valence-corrected chi connectivity index (χ3v) is 5.22. The summed E-state index contributed by atoms with van der Waals surface area (Å²) < 4.78 is 5.45. The number of rotatable bonds is 3. The Bertz CT molecular complexity index is 540. The molecule has 0 radical (unpaired) electrons. The third-order valence-electron chi connectivity index (χ3n) is 4.98. The Balaban J connectivity index is 1.69. The van der Waals surface area contributed by atoms with Gasteiger partial charge in [-0.15, -0.1) is 0 Å². The van der Waals surface area contributed by atoms with E-state index in [-0.39, 0.29) is 11.7 Å². The SMILES string of the molecule is Cc1cc(Cl)ccc1C(=O)C1CCCN(C2CCOCC2)C1. The number of carbonyl (C=O) groups is 1. The molecule has 3 nitrogen and oxygen atoms in total. The number of ether oxygens (including phenoxy) is 1. The molecule has 22 heavy (non-hydrogen) atoms. The minimum Gasteiger partial charge on any atom is -0.381 e. The summed E-state index contributed by atoms with van der Waals surface area (Å²) in [6.45, 7) is 5.70. The lowest BCUT2D eigenvalue weighted by Crippen LogP contribution is -2.46. The van der Waals surface area contributed by atoms with Crippen molar-refractivity contribution < 1.29 is 9.53 Å². The van der Waals surface area contributed by atoms with Crippen LogP contribution in [0.1, 0.15) is 41.6 Å². The summed E-state index contributed by atoms with van der Waals surface area (Å²) in [6, 6.07) is 6.18. The molecule has 0 N–H and O–H groups in total. The zero-order chi connectivity index (χ0) is 15.5. The number of piperidine rings is 1. The molecule has 0 aliphatic carbocycles. The van der Waals surface area contributed by atoms with E-state index in [0.29, 0.717) is 11.1 Å². The topological polar surface area (TPSA) is 29.5 Å². The molecule has 120 valence electrons. The Morgan fingerprint density at radius 1 is 1.27 bits per heavy atom. The number of hydrogen-bond acceptors (Lipinski definition) is 3. The van der Waals surface area contributed by atoms with Gasteiger partial charge in [-0.3, -0.25) is 9.69 Å². The first kappa shape index (κ1) is 16.0. The molecule has 2 heterocycles. The summed E-state index contributed by atoms with van der Waals surface area (Å²) in [6.07, 6.45) is 4.31. The summed E-state index contributed by atoms with van der Waals surface area (Å²) in [4.78, 5) is 15.4. The van der Waals surface area contributed by atoms with E-state index in [4.69, 9.17) is 16.3 Å². The summed E-state index contributed by atoms with van der Waals surface area (Å²) in [5, 5.41) is 0.696. The van der Waals surface area contributed by atoms with Crippen molar-refractivity contribution in [2.24, 2.45) is 5.92 Å². The second kappa shape index (κ2) is 7.12. The highest BCUT2D eigenvalue weighted by molar-refractivity contribution is 6.30. The van der Waals surface area contributed by atoms with Crippen LogP contribution in [0.3, 0.4) is 0 Å². The summed E-state index contributed by atoms with van der Waals surface area (Å²) in [5.41, 5.74) is 1.82. The number of carbonyl (C=O) groups excluding carboxylic acids is 1. The minimum absolute atomic E-state index is 0.122. The highest BCUT2D eigenvalue weighted by Gasteiger charge is 2.31. The molecule has 4 heteroatoms. The first-order chi connectivity index (χ1) is 10.6. The van der Waals surface area contributed by atoms with Gasteiger partial charge in [-0.1, -0.05) is 11.6 Å². The number of halogens is 1. The van der Waals surface area contributed by atoms with Gasteiger partial charge < -0.3 is 4.74 Å². The number of hydrogen-bond donors (Lipinski definition) is 0. The molecule has 2 aliphatic rings. The lowest BCUT2D eigenvalue weighted by molar-refractivity contribution is 0.0183. The number of nitrogens with zero attached hydrogens (tertiary/aromatic N) is 1. The number of ketones is 1. The normalized spacial score (nSPS) is 24.4. The van der Waals surface area contributed by atoms with Gasteiger partial charge >= 0.3 is 0 Å². The van der Waals surface area contributed by atoms with E-state index in [0.717, 1.165) is 63.1 Å². The predicted octanol–water partition coefficient (Wildman–Crippen LogP) is 3.72. The zero-order valence-electron chi connectivity index (χ0n) is 13.2. The van der Waals surface area contributed by atoms with Crippen LogP contribution in [0.15, 0.2) is 18.2 Å². The lowest BCUT2D eigenvalue weighted by Gasteiger charge is -2.39. The molecule has 0 aromatic heterocycles. The van der Waals surface area contributed by atoms with E-state index < -0.39 is 0 Å². The van der Waals surface area contributed by atoms with Gasteiger partial charge in [0.15, 0.2) is 5.78 Å². The molecule has 2 aliphatic heterocycles. The van der Waals surface area contributed by atoms with Crippen molar-refractivity contribution in [3.63, 3.8) is 0 Å². The zero-order valence-corrected chi connectivity index (χ0v) is 13.9. The van der Waals surface area contributed by atoms with Crippen molar-refractivity contribution in [2.45, 2.75) is 38.6 Å². The largest absolute Gasteiger partial charge is 0.381 e. The first-order valence-electron chi connectivity index (χ1n) is 8.27. The molecule has 0 saturated carbocycles. The first-order valence-corrected chi connectivity index (χ1v) is 8.65. The maximum absolute atomic E-state index is 12.9. The number of Topliss-reactive ketones (excluding diaryl/α,β-unsaturated/α-hetero) is 1. The monoisotopic (exact) mass is 321 g/mol. The maximum atomic E-state index is 12.9. The van der Waals surface area contributed by atoms with Gasteiger partial charge in [-0.2, -0.15) is 0 Å². The van der Waals surface area contributed by atoms with Crippen LogP contribution in [-0.4, -0.2) is 43.0 Å². The molecule has 0 spiro atoms. The average molecular weight is 322 g/mol. The average Bonchev–Trinajstić information content (AvgIpc) is 2.55. The predicted molar refractivity (Wildman–Crippen MR) is 88.7 cm³/mol. The van der Waals surface area contributed by atoms with Crippen LogP contribution >= 0.6 is 11.6 Å². The molecule has 1 aromatic rings. The van der Waals surface area contributed by atoms with Crippen LogP contribution in [0, 0.1) is 12.8 Å². The molecule has 1 unspecified atom stereocenters. The molecule has 0 bridgehead atoms. The highest BCUT2D eigenvalue weighted by Crippen LogP contribution is 2.27. The molecule has 3 rings (SSSR count). The molecule has 2 saturated heterocycles. The summed E-state index contributed by atoms with van der Waals surface area (Å²) in [5.74, 6) is 0.405. The van der Waals surface area contributed by atoms with Gasteiger partial charge in [0.2, 0.25) is 0 Å². The van der Waals surface area contributed by atoms with E-state index in [1.54, 1.807) is 0 Å². The van der Waals surface area contributed by atoms with Crippen molar-refractivity contribution >= 4 is 17.4 Å². The molecule has 1 aromatic carbocycles. The van der Waals surface area contributed by atoms with Gasteiger partial charge in [-0.05, 0) is 62.9 Å². The smallest absolute Gasteiger partial charge is 0.167 e. The summed E-state index contributed by atoms with van der Waals surface area (Å²) in [7, 11) is 0. The number of aryl methyl sites for hydroxylation is 1. The van der Waals surface area contributed by atoms with E-state index in [2.05, 4.69) is 4.90 Å². The third kappa shape index (κ3) is 3.53. The molecule has 2 fully saturated rings. The summed E-state index contributed by atoms with van der Waals surface area (Å²) >= 11 is 6.00. The van der Waals surface area contributed by atoms with Crippen molar-refractivity contribution in [1.82, 2.24) is 4.90 Å². The van der Waals surface area contributed by atoms with E-state index in [1.165, 1.54) is 0 Å². The highest BCUT2D eigenvalue weighted by atomic mass is 35.5. The van der Waals surface area contributed by atoms with Gasteiger partial charge in [-0.25, -0.2) is 0 Å². The molecule has 1 atom stereocenters. The number of benzene rings is 1. The fourth-order valence-corrected chi connectivity index (χ4v) is 3.95. The Hall–Kier alpha value is -0.900. The van der Waals surface area contributed by atoms with Crippen molar-refractivity contribution in [1.29, 1.82) is 0 Å². The van der Waals surface area contributed by atoms with Crippen molar-refractivity contribution in [3.05, 3.63) is 34.3 Å². The molecule has 0 amide bonds. The van der Waals surface area contributed by atoms with E-state index >= 15 is 0 Å². The Morgan fingerprint density at radius 2 is 2.05 bits per heavy atom. The van der Waals surface area contributed by atoms with Gasteiger partial charge in [0, 0.05) is 42.3 Å². The fourth-order valence-electron chi connectivity index (χ4n) is 3.73. The fraction of sp³-hybridized carbons (Fsp3) is 0.611. The molecular weight excluding hydrogens is 298 g/mol. The van der Waals surface area contributed by atoms with E-state index in [1.807, 2.05) is 25.1 Å². The standard InChI is InChI=1S/C18H24ClNO2/c1-13-11-15(19)4-5-17(13)18(21)14-3-2-8-20(12-14)16-6-9-22-10-7-16/h4-5,11,14,16H,2-3,6-10,12H2,1H3. The number of likely N-dealkylation sites (tertiary alicyclic amines) is 1. The quantitative estimate of drug-likeness (QED) is 0.795. The Labute approximate surface area is 137 Å². The lowest BCUT2D eigenvalue weighted by atomic mass is 9.87. The van der Waals surface area contributed by atoms with Crippen LogP contribution in [0.4, 0.5) is 0 Å². The van der Waals surface area contributed by atoms with Crippen LogP contribution in [0.2, 0.25) is 5.02 Å². The molecular formula is C18H24ClNO2. The second-order valence-corrected chi connectivity index (χ2v) is 6.94. The van der Waals surface area contributed by atoms with Gasteiger partial charge in [0.25, 0.3) is 0 Å². The van der Waals surface area contributed by atoms with Crippen LogP contribution in [-0.2, 0) is 4.74 Å². The van der Waals surface area contributed by atoms with Crippen LogP contribution < -0.4 is 0 Å². The Morgan fingerprint density at radius 3 is 2.77 bits per heavy atom.